The van der Waals surface area contributed by atoms with Crippen molar-refractivity contribution in [2.45, 2.75) is 19.8 Å². The third-order valence-corrected chi connectivity index (χ3v) is 4.50. The van der Waals surface area contributed by atoms with Gasteiger partial charge in [0.1, 0.15) is 17.0 Å². The number of benzene rings is 2. The molecule has 0 bridgehead atoms. The highest BCUT2D eigenvalue weighted by Gasteiger charge is 2.18. The summed E-state index contributed by atoms with van der Waals surface area (Å²) >= 11 is 0. The van der Waals surface area contributed by atoms with Gasteiger partial charge in [0.2, 0.25) is 0 Å². The van der Waals surface area contributed by atoms with Crippen LogP contribution in [0.5, 0.6) is 5.75 Å². The predicted molar refractivity (Wildman–Crippen MR) is 109 cm³/mol. The Hall–Kier alpha value is -3.88. The largest absolute Gasteiger partial charge is 0.496 e. The minimum atomic E-state index is -0.693. The van der Waals surface area contributed by atoms with Gasteiger partial charge in [-0.25, -0.2) is 0 Å². The monoisotopic (exact) mass is 412 g/mol. The molecular formula is C21H20N2O7. The number of carbonyl (C=O) groups excluding carboxylic acids is 2. The number of hydrogen-bond acceptors (Lipinski definition) is 7. The van der Waals surface area contributed by atoms with E-state index in [9.17, 15) is 19.7 Å². The molecule has 0 saturated heterocycles. The van der Waals surface area contributed by atoms with E-state index in [-0.39, 0.29) is 23.5 Å². The van der Waals surface area contributed by atoms with E-state index in [0.29, 0.717) is 11.1 Å². The number of nitrogens with zero attached hydrogens (tertiary/aromatic N) is 1. The minimum Gasteiger partial charge on any atom is -0.496 e. The number of furan rings is 1. The Kier molecular flexibility index (Phi) is 6.31. The molecule has 0 unspecified atom stereocenters. The zero-order valence-corrected chi connectivity index (χ0v) is 16.5. The van der Waals surface area contributed by atoms with Crippen molar-refractivity contribution in [2.24, 2.45) is 0 Å². The molecule has 0 fully saturated rings. The van der Waals surface area contributed by atoms with Gasteiger partial charge in [-0.05, 0) is 30.2 Å². The number of aryl methyl sites for hydroxylation is 1. The van der Waals surface area contributed by atoms with Crippen molar-refractivity contribution in [1.29, 1.82) is 0 Å². The van der Waals surface area contributed by atoms with Crippen LogP contribution in [0.15, 0.2) is 47.1 Å². The van der Waals surface area contributed by atoms with Crippen LogP contribution in [0.2, 0.25) is 0 Å². The van der Waals surface area contributed by atoms with Gasteiger partial charge in [0, 0.05) is 10.9 Å². The SMILES string of the molecule is CCc1ccc2c(CC(=O)OCC(=O)Nc3ccc(OC)cc3[N+](=O)[O-])coc2c1. The van der Waals surface area contributed by atoms with Crippen LogP contribution in [0.4, 0.5) is 11.4 Å². The van der Waals surface area contributed by atoms with Crippen molar-refractivity contribution in [3.63, 3.8) is 0 Å². The van der Waals surface area contributed by atoms with Crippen molar-refractivity contribution in [1.82, 2.24) is 0 Å². The average molecular weight is 412 g/mol. The third-order valence-electron chi connectivity index (χ3n) is 4.50. The molecule has 0 aliphatic carbocycles. The highest BCUT2D eigenvalue weighted by molar-refractivity contribution is 5.95. The quantitative estimate of drug-likeness (QED) is 0.341. The molecule has 0 aliphatic rings. The van der Waals surface area contributed by atoms with Crippen LogP contribution >= 0.6 is 0 Å². The molecular weight excluding hydrogens is 392 g/mol. The van der Waals surface area contributed by atoms with Crippen LogP contribution in [-0.2, 0) is 27.2 Å². The first-order valence-corrected chi connectivity index (χ1v) is 9.18. The van der Waals surface area contributed by atoms with Gasteiger partial charge in [0.25, 0.3) is 11.6 Å². The zero-order chi connectivity index (χ0) is 21.7. The van der Waals surface area contributed by atoms with Crippen LogP contribution in [0.1, 0.15) is 18.1 Å². The standard InChI is InChI=1S/C21H20N2O7/c1-3-13-4-6-16-14(11-29-19(16)8-13)9-21(25)30-12-20(24)22-17-7-5-15(28-2)10-18(17)23(26)27/h4-8,10-11H,3,9,12H2,1-2H3,(H,22,24). The van der Waals surface area contributed by atoms with E-state index in [2.05, 4.69) is 5.32 Å². The number of carbonyl (C=O) groups is 2. The number of amides is 1. The second kappa shape index (κ2) is 9.08. The summed E-state index contributed by atoms with van der Waals surface area (Å²) in [5, 5.41) is 14.3. The van der Waals surface area contributed by atoms with Gasteiger partial charge in [-0.1, -0.05) is 19.1 Å². The van der Waals surface area contributed by atoms with Crippen molar-refractivity contribution in [3.8, 4) is 5.75 Å². The van der Waals surface area contributed by atoms with Crippen LogP contribution in [0, 0.1) is 10.1 Å². The van der Waals surface area contributed by atoms with E-state index in [4.69, 9.17) is 13.9 Å². The summed E-state index contributed by atoms with van der Waals surface area (Å²) in [6.45, 7) is 1.46. The van der Waals surface area contributed by atoms with Crippen LogP contribution in [0.25, 0.3) is 11.0 Å². The first kappa shape index (κ1) is 20.8. The Bertz CT molecular complexity index is 1100. The van der Waals surface area contributed by atoms with Gasteiger partial charge < -0.3 is 19.2 Å². The first-order chi connectivity index (χ1) is 14.4. The number of methoxy groups -OCH3 is 1. The molecule has 9 nitrogen and oxygen atoms in total. The Morgan fingerprint density at radius 1 is 1.20 bits per heavy atom. The molecule has 0 radical (unpaired) electrons. The van der Waals surface area contributed by atoms with E-state index < -0.39 is 23.4 Å². The lowest BCUT2D eigenvalue weighted by molar-refractivity contribution is -0.384. The van der Waals surface area contributed by atoms with E-state index in [0.717, 1.165) is 17.4 Å². The summed E-state index contributed by atoms with van der Waals surface area (Å²) in [5.41, 5.74) is 2.11. The van der Waals surface area contributed by atoms with Crippen molar-refractivity contribution >= 4 is 34.2 Å². The number of nitro groups is 1. The number of fused-ring (bicyclic) bond motifs is 1. The first-order valence-electron chi connectivity index (χ1n) is 9.18. The predicted octanol–water partition coefficient (Wildman–Crippen LogP) is 3.64. The molecule has 0 aliphatic heterocycles. The van der Waals surface area contributed by atoms with Gasteiger partial charge in [-0.2, -0.15) is 0 Å². The fraction of sp³-hybridized carbons (Fsp3) is 0.238. The van der Waals surface area contributed by atoms with Crippen molar-refractivity contribution < 1.29 is 28.4 Å². The highest BCUT2D eigenvalue weighted by atomic mass is 16.6. The molecule has 3 aromatic rings. The lowest BCUT2D eigenvalue weighted by Gasteiger charge is -2.08. The second-order valence-corrected chi connectivity index (χ2v) is 6.47. The maximum atomic E-state index is 12.1. The summed E-state index contributed by atoms with van der Waals surface area (Å²) in [7, 11) is 1.38. The molecule has 0 atom stereocenters. The maximum Gasteiger partial charge on any atom is 0.310 e. The molecule has 3 rings (SSSR count). The van der Waals surface area contributed by atoms with Crippen molar-refractivity contribution in [3.05, 3.63) is 63.9 Å². The summed E-state index contributed by atoms with van der Waals surface area (Å²) < 4.78 is 15.4. The fourth-order valence-corrected chi connectivity index (χ4v) is 2.92. The second-order valence-electron chi connectivity index (χ2n) is 6.47. The van der Waals surface area contributed by atoms with Gasteiger partial charge in [0.15, 0.2) is 6.61 Å². The summed E-state index contributed by atoms with van der Waals surface area (Å²) in [6, 6.07) is 9.77. The lowest BCUT2D eigenvalue weighted by Crippen LogP contribution is -2.22. The van der Waals surface area contributed by atoms with E-state index in [1.807, 2.05) is 25.1 Å². The number of anilines is 1. The Balaban J connectivity index is 1.59. The van der Waals surface area contributed by atoms with Gasteiger partial charge in [-0.15, -0.1) is 0 Å². The molecule has 0 spiro atoms. The van der Waals surface area contributed by atoms with Crippen LogP contribution in [-0.4, -0.2) is 30.5 Å². The summed E-state index contributed by atoms with van der Waals surface area (Å²) in [5.74, 6) is -1.03. The topological polar surface area (TPSA) is 121 Å². The number of nitrogens with one attached hydrogen (secondary N) is 1. The Morgan fingerprint density at radius 2 is 2.00 bits per heavy atom. The zero-order valence-electron chi connectivity index (χ0n) is 16.5. The molecule has 1 amide bonds. The smallest absolute Gasteiger partial charge is 0.310 e. The molecule has 1 aromatic heterocycles. The van der Waals surface area contributed by atoms with Crippen LogP contribution in [0.3, 0.4) is 0 Å². The van der Waals surface area contributed by atoms with E-state index in [1.54, 1.807) is 0 Å². The minimum absolute atomic E-state index is 0.0191. The number of hydrogen-bond donors (Lipinski definition) is 1. The molecule has 156 valence electrons. The number of ether oxygens (including phenoxy) is 2. The van der Waals surface area contributed by atoms with Crippen LogP contribution < -0.4 is 10.1 Å². The van der Waals surface area contributed by atoms with Gasteiger partial charge in [0.05, 0.1) is 30.8 Å². The van der Waals surface area contributed by atoms with E-state index >= 15 is 0 Å². The Morgan fingerprint density at radius 3 is 2.70 bits per heavy atom. The number of rotatable bonds is 8. The molecule has 1 N–H and O–H groups in total. The van der Waals surface area contributed by atoms with E-state index in [1.165, 1.54) is 31.6 Å². The fourth-order valence-electron chi connectivity index (χ4n) is 2.92. The molecule has 0 saturated carbocycles. The van der Waals surface area contributed by atoms with Gasteiger partial charge >= 0.3 is 5.97 Å². The third kappa shape index (κ3) is 4.75. The molecule has 1 heterocycles. The number of nitro benzene ring substituents is 1. The summed E-state index contributed by atoms with van der Waals surface area (Å²) in [4.78, 5) is 34.7. The Labute approximate surface area is 171 Å². The molecule has 2 aromatic carbocycles. The van der Waals surface area contributed by atoms with Gasteiger partial charge in [-0.3, -0.25) is 19.7 Å². The molecule has 30 heavy (non-hydrogen) atoms. The molecule has 9 heteroatoms. The average Bonchev–Trinajstić information content (AvgIpc) is 3.14. The normalized spacial score (nSPS) is 10.6. The lowest BCUT2D eigenvalue weighted by atomic mass is 10.1. The summed E-state index contributed by atoms with van der Waals surface area (Å²) in [6.07, 6.45) is 2.30. The van der Waals surface area contributed by atoms with Crippen molar-refractivity contribution in [2.75, 3.05) is 19.0 Å². The highest BCUT2D eigenvalue weighted by Crippen LogP contribution is 2.29. The maximum absolute atomic E-state index is 12.1. The number of esters is 1.